The van der Waals surface area contributed by atoms with E-state index in [2.05, 4.69) is 15.6 Å². The lowest BCUT2D eigenvalue weighted by molar-refractivity contribution is -0.991. The number of halogens is 3. The number of nitrogens with one attached hydrogen (secondary N) is 2. The van der Waals surface area contributed by atoms with E-state index in [1.54, 1.807) is 19.1 Å². The Morgan fingerprint density at radius 3 is 2.50 bits per heavy atom. The Morgan fingerprint density at radius 1 is 1.32 bits per heavy atom. The van der Waals surface area contributed by atoms with Crippen molar-refractivity contribution in [2.45, 2.75) is 23.1 Å². The van der Waals surface area contributed by atoms with Gasteiger partial charge in [0.1, 0.15) is 4.87 Å². The first kappa shape index (κ1) is 15.1. The molecule has 7 nitrogen and oxygen atoms in total. The molecule has 22 heavy (non-hydrogen) atoms. The van der Waals surface area contributed by atoms with E-state index in [1.807, 2.05) is 0 Å². The summed E-state index contributed by atoms with van der Waals surface area (Å²) in [5, 5.41) is 25.4. The Bertz CT molecular complexity index is 703. The van der Waals surface area contributed by atoms with Gasteiger partial charge in [0, 0.05) is 12.1 Å². The summed E-state index contributed by atoms with van der Waals surface area (Å²) in [6, 6.07) is 5.90. The predicted molar refractivity (Wildman–Crippen MR) is 69.8 cm³/mol. The Kier molecular flexibility index (Phi) is 3.32. The molecule has 1 aromatic carbocycles. The number of hydrogen-bond donors (Lipinski definition) is 3. The number of rotatable bonds is 2. The molecule has 1 aliphatic rings. The van der Waals surface area contributed by atoms with Crippen LogP contribution in [0.3, 0.4) is 0 Å². The molecule has 0 spiro atoms. The predicted octanol–water partition coefficient (Wildman–Crippen LogP) is 1.22. The van der Waals surface area contributed by atoms with Crippen LogP contribution in [0, 0.1) is 5.21 Å². The maximum Gasteiger partial charge on any atom is 0.453 e. The summed E-state index contributed by atoms with van der Waals surface area (Å²) in [7, 11) is 0. The standard InChI is InChI=1S/C11H10F3N5O2S/c1-10(6-2-4-7(5-3-6)19(20)21)17-18-8(11(12,13)14)15-16-9(18)22-10/h2-5,17,19-20H,1H3/t10-/m1/s1. The lowest BCUT2D eigenvalue weighted by atomic mass is 10.1. The second-order valence-electron chi connectivity index (χ2n) is 4.77. The van der Waals surface area contributed by atoms with Crippen molar-refractivity contribution in [2.24, 2.45) is 0 Å². The second-order valence-corrected chi connectivity index (χ2v) is 6.15. The summed E-state index contributed by atoms with van der Waals surface area (Å²) in [6.07, 6.45) is -4.61. The van der Waals surface area contributed by atoms with Crippen LogP contribution in [0.4, 0.5) is 18.9 Å². The topological polar surface area (TPSA) is 90.5 Å². The molecule has 2 heterocycles. The highest BCUT2D eigenvalue weighted by atomic mass is 32.2. The lowest BCUT2D eigenvalue weighted by Crippen LogP contribution is -2.99. The number of nitrogens with zero attached hydrogens (tertiary/aromatic N) is 3. The lowest BCUT2D eigenvalue weighted by Gasteiger charge is -2.25. The zero-order valence-electron chi connectivity index (χ0n) is 11.0. The summed E-state index contributed by atoms with van der Waals surface area (Å²) in [6.45, 7) is 1.68. The summed E-state index contributed by atoms with van der Waals surface area (Å²) < 4.78 is 39.3. The first-order chi connectivity index (χ1) is 10.2. The molecular weight excluding hydrogens is 323 g/mol. The summed E-state index contributed by atoms with van der Waals surface area (Å²) >= 11 is 1.07. The fourth-order valence-corrected chi connectivity index (χ4v) is 3.15. The van der Waals surface area contributed by atoms with Crippen LogP contribution in [-0.4, -0.2) is 20.1 Å². The fourth-order valence-electron chi connectivity index (χ4n) is 2.09. The molecule has 118 valence electrons. The molecule has 2 atom stereocenters. The van der Waals surface area contributed by atoms with Crippen LogP contribution in [0.15, 0.2) is 29.4 Å². The zero-order chi connectivity index (χ0) is 16.1. The van der Waals surface area contributed by atoms with Gasteiger partial charge in [0.2, 0.25) is 5.16 Å². The van der Waals surface area contributed by atoms with E-state index in [0.29, 0.717) is 5.56 Å². The Balaban J connectivity index is 1.92. The van der Waals surface area contributed by atoms with Crippen LogP contribution in [0.25, 0.3) is 0 Å². The van der Waals surface area contributed by atoms with Crippen molar-refractivity contribution in [3.8, 4) is 0 Å². The highest BCUT2D eigenvalue weighted by Gasteiger charge is 2.45. The van der Waals surface area contributed by atoms with Crippen LogP contribution >= 0.6 is 11.8 Å². The quantitative estimate of drug-likeness (QED) is 0.716. The minimum atomic E-state index is -4.61. The van der Waals surface area contributed by atoms with E-state index < -0.39 is 22.1 Å². The molecule has 0 aliphatic carbocycles. The van der Waals surface area contributed by atoms with Gasteiger partial charge in [0.05, 0.1) is 0 Å². The molecule has 2 aromatic rings. The van der Waals surface area contributed by atoms with Crippen molar-refractivity contribution in [1.29, 1.82) is 0 Å². The average Bonchev–Trinajstić information content (AvgIpc) is 2.94. The Hall–Kier alpha value is -1.82. The highest BCUT2D eigenvalue weighted by Crippen LogP contribution is 2.45. The summed E-state index contributed by atoms with van der Waals surface area (Å²) in [4.78, 5) is -0.900. The molecule has 0 amide bonds. The molecule has 0 fully saturated rings. The number of thioether (sulfide) groups is 1. The maximum atomic E-state index is 12.8. The first-order valence-corrected chi connectivity index (χ1v) is 6.86. The monoisotopic (exact) mass is 333 g/mol. The molecule has 3 N–H and O–H groups in total. The van der Waals surface area contributed by atoms with Gasteiger partial charge in [-0.25, -0.2) is 9.88 Å². The van der Waals surface area contributed by atoms with Crippen LogP contribution in [0.1, 0.15) is 18.3 Å². The Morgan fingerprint density at radius 2 is 1.95 bits per heavy atom. The van der Waals surface area contributed by atoms with Gasteiger partial charge in [-0.2, -0.15) is 18.4 Å². The molecule has 1 aliphatic heterocycles. The average molecular weight is 333 g/mol. The van der Waals surface area contributed by atoms with Gasteiger partial charge in [-0.3, -0.25) is 0 Å². The van der Waals surface area contributed by atoms with E-state index in [9.17, 15) is 18.4 Å². The van der Waals surface area contributed by atoms with Gasteiger partial charge in [-0.15, -0.1) is 10.2 Å². The van der Waals surface area contributed by atoms with Crippen molar-refractivity contribution < 1.29 is 23.6 Å². The van der Waals surface area contributed by atoms with Crippen LogP contribution in [0.5, 0.6) is 0 Å². The van der Waals surface area contributed by atoms with Gasteiger partial charge in [-0.05, 0) is 24.6 Å². The van der Waals surface area contributed by atoms with E-state index in [0.717, 1.165) is 16.4 Å². The number of benzene rings is 1. The summed E-state index contributed by atoms with van der Waals surface area (Å²) in [5.41, 5.74) is 3.45. The third kappa shape index (κ3) is 2.41. The largest absolute Gasteiger partial charge is 0.595 e. The molecule has 1 aromatic heterocycles. The Labute approximate surface area is 126 Å². The minimum Gasteiger partial charge on any atom is -0.595 e. The van der Waals surface area contributed by atoms with Gasteiger partial charge in [0.15, 0.2) is 5.69 Å². The molecule has 0 saturated heterocycles. The molecular formula is C11H10F3N5O2S. The van der Waals surface area contributed by atoms with Crippen LogP contribution in [0.2, 0.25) is 0 Å². The smallest absolute Gasteiger partial charge is 0.453 e. The first-order valence-electron chi connectivity index (χ1n) is 6.04. The molecule has 3 rings (SSSR count). The second kappa shape index (κ2) is 4.84. The maximum absolute atomic E-state index is 12.8. The van der Waals surface area contributed by atoms with Crippen molar-refractivity contribution >= 4 is 17.4 Å². The number of alkyl halides is 3. The SMILES string of the molecule is C[C@@]1(c2ccc([NH+]([O-])O)cc2)Nn2c(nnc2C(F)(F)F)S1. The number of aromatic nitrogens is 3. The molecule has 0 saturated carbocycles. The third-order valence-electron chi connectivity index (χ3n) is 3.19. The molecule has 0 bridgehead atoms. The fraction of sp³-hybridized carbons (Fsp3) is 0.273. The number of fused-ring (bicyclic) bond motifs is 1. The molecule has 0 radical (unpaired) electrons. The van der Waals surface area contributed by atoms with E-state index in [1.165, 1.54) is 12.1 Å². The number of quaternary nitrogens is 1. The highest BCUT2D eigenvalue weighted by molar-refractivity contribution is 8.00. The van der Waals surface area contributed by atoms with Crippen molar-refractivity contribution in [3.63, 3.8) is 0 Å². The molecule has 1 unspecified atom stereocenters. The van der Waals surface area contributed by atoms with E-state index in [4.69, 9.17) is 5.21 Å². The van der Waals surface area contributed by atoms with Gasteiger partial charge < -0.3 is 10.6 Å². The number of hydrogen-bond acceptors (Lipinski definition) is 6. The van der Waals surface area contributed by atoms with E-state index in [-0.39, 0.29) is 10.8 Å². The van der Waals surface area contributed by atoms with Crippen molar-refractivity contribution in [2.75, 3.05) is 5.43 Å². The third-order valence-corrected chi connectivity index (χ3v) is 4.37. The zero-order valence-corrected chi connectivity index (χ0v) is 11.9. The van der Waals surface area contributed by atoms with Crippen molar-refractivity contribution in [3.05, 3.63) is 40.9 Å². The summed E-state index contributed by atoms with van der Waals surface area (Å²) in [5.74, 6) is -1.12. The minimum absolute atomic E-state index is 0.0946. The molecule has 11 heteroatoms. The normalized spacial score (nSPS) is 22.3. The van der Waals surface area contributed by atoms with Gasteiger partial charge >= 0.3 is 6.18 Å². The van der Waals surface area contributed by atoms with E-state index >= 15 is 0 Å². The van der Waals surface area contributed by atoms with Crippen LogP contribution < -0.4 is 10.7 Å². The van der Waals surface area contributed by atoms with Crippen LogP contribution in [-0.2, 0) is 11.0 Å². The van der Waals surface area contributed by atoms with Crippen molar-refractivity contribution in [1.82, 2.24) is 14.9 Å². The van der Waals surface area contributed by atoms with Gasteiger partial charge in [0.25, 0.3) is 5.82 Å². The van der Waals surface area contributed by atoms with Gasteiger partial charge in [-0.1, -0.05) is 11.8 Å².